The van der Waals surface area contributed by atoms with Gasteiger partial charge >= 0.3 is 0 Å². The molecule has 0 radical (unpaired) electrons. The highest BCUT2D eigenvalue weighted by molar-refractivity contribution is 5.79. The molecule has 0 aliphatic carbocycles. The quantitative estimate of drug-likeness (QED) is 0.532. The Balaban J connectivity index is 2.26. The largest absolute Gasteiger partial charge is 0.354 e. The molecule has 2 N–H and O–H groups in total. The zero-order valence-corrected chi connectivity index (χ0v) is 14.5. The molecule has 126 valence electrons. The lowest BCUT2D eigenvalue weighted by Crippen LogP contribution is -2.42. The van der Waals surface area contributed by atoms with Crippen molar-refractivity contribution in [3.8, 4) is 0 Å². The second-order valence-electron chi connectivity index (χ2n) is 5.38. The van der Waals surface area contributed by atoms with E-state index in [0.29, 0.717) is 24.3 Å². The van der Waals surface area contributed by atoms with Crippen LogP contribution in [0, 0.1) is 6.92 Å². The number of aliphatic imine (C=N–C) groups is 1. The number of aromatic nitrogens is 2. The smallest absolute Gasteiger partial charge is 0.246 e. The van der Waals surface area contributed by atoms with Gasteiger partial charge in [0.1, 0.15) is 0 Å². The monoisotopic (exact) mass is 310 g/mol. The molecular weight excluding hydrogens is 280 g/mol. The molecule has 0 spiro atoms. The van der Waals surface area contributed by atoms with E-state index in [1.807, 2.05) is 0 Å². The van der Waals surface area contributed by atoms with Gasteiger partial charge in [-0.05, 0) is 46.3 Å². The van der Waals surface area contributed by atoms with Gasteiger partial charge in [0.15, 0.2) is 11.8 Å². The van der Waals surface area contributed by atoms with E-state index in [9.17, 15) is 0 Å². The Morgan fingerprint density at radius 2 is 2.09 bits per heavy atom. The maximum Gasteiger partial charge on any atom is 0.246 e. The first kappa shape index (κ1) is 18.4. The van der Waals surface area contributed by atoms with Gasteiger partial charge < -0.3 is 20.1 Å². The minimum absolute atomic E-state index is 0.367. The van der Waals surface area contributed by atoms with Crippen molar-refractivity contribution in [2.45, 2.75) is 53.1 Å². The van der Waals surface area contributed by atoms with Crippen molar-refractivity contribution >= 4 is 5.96 Å². The molecule has 0 aliphatic heterocycles. The highest BCUT2D eigenvalue weighted by atomic mass is 16.5. The summed E-state index contributed by atoms with van der Waals surface area (Å²) < 4.78 is 5.07. The zero-order chi connectivity index (χ0) is 16.4. The third-order valence-corrected chi connectivity index (χ3v) is 3.59. The first-order valence-corrected chi connectivity index (χ1v) is 8.07. The van der Waals surface area contributed by atoms with Crippen LogP contribution in [0.1, 0.15) is 45.3 Å². The van der Waals surface area contributed by atoms with Crippen molar-refractivity contribution in [1.82, 2.24) is 25.7 Å². The van der Waals surface area contributed by atoms with Gasteiger partial charge in [-0.1, -0.05) is 19.0 Å². The Morgan fingerprint density at radius 1 is 1.36 bits per heavy atom. The normalized spacial score (nSPS) is 13.5. The third kappa shape index (κ3) is 6.89. The van der Waals surface area contributed by atoms with Gasteiger partial charge in [0.05, 0.1) is 6.54 Å². The van der Waals surface area contributed by atoms with Gasteiger partial charge in [0, 0.05) is 13.1 Å². The van der Waals surface area contributed by atoms with Gasteiger partial charge in [0.25, 0.3) is 0 Å². The predicted molar refractivity (Wildman–Crippen MR) is 88.9 cm³/mol. The van der Waals surface area contributed by atoms with Crippen LogP contribution >= 0.6 is 0 Å². The van der Waals surface area contributed by atoms with Crippen molar-refractivity contribution < 1.29 is 4.52 Å². The van der Waals surface area contributed by atoms with Crippen molar-refractivity contribution in [2.24, 2.45) is 4.99 Å². The van der Waals surface area contributed by atoms with E-state index in [0.717, 1.165) is 32.0 Å². The molecule has 0 aromatic carbocycles. The van der Waals surface area contributed by atoms with E-state index in [-0.39, 0.29) is 0 Å². The molecule has 1 aromatic rings. The molecule has 1 rings (SSSR count). The average Bonchev–Trinajstić information content (AvgIpc) is 2.93. The molecule has 1 heterocycles. The second kappa shape index (κ2) is 10.2. The topological polar surface area (TPSA) is 78.6 Å². The van der Waals surface area contributed by atoms with Gasteiger partial charge in [-0.25, -0.2) is 0 Å². The lowest BCUT2D eigenvalue weighted by Gasteiger charge is -2.21. The third-order valence-electron chi connectivity index (χ3n) is 3.59. The van der Waals surface area contributed by atoms with E-state index in [1.54, 1.807) is 14.0 Å². The zero-order valence-electron chi connectivity index (χ0n) is 14.5. The Labute approximate surface area is 133 Å². The summed E-state index contributed by atoms with van der Waals surface area (Å²) in [6.45, 7) is 12.2. The fourth-order valence-corrected chi connectivity index (χ4v) is 2.23. The maximum absolute atomic E-state index is 5.07. The number of hydrogen-bond donors (Lipinski definition) is 2. The summed E-state index contributed by atoms with van der Waals surface area (Å²) in [6, 6.07) is 0.367. The minimum Gasteiger partial charge on any atom is -0.354 e. The first-order valence-electron chi connectivity index (χ1n) is 8.07. The molecule has 0 fully saturated rings. The van der Waals surface area contributed by atoms with Crippen LogP contribution in [0.25, 0.3) is 0 Å². The molecular formula is C15H30N6O. The summed E-state index contributed by atoms with van der Waals surface area (Å²) in [5, 5.41) is 10.3. The van der Waals surface area contributed by atoms with Crippen molar-refractivity contribution in [3.63, 3.8) is 0 Å². The number of nitrogens with one attached hydrogen (secondary N) is 2. The van der Waals surface area contributed by atoms with Crippen molar-refractivity contribution in [2.75, 3.05) is 26.7 Å². The van der Waals surface area contributed by atoms with E-state index < -0.39 is 0 Å². The van der Waals surface area contributed by atoms with Crippen LogP contribution in [0.3, 0.4) is 0 Å². The van der Waals surface area contributed by atoms with Crippen molar-refractivity contribution in [1.29, 1.82) is 0 Å². The number of hydrogen-bond acceptors (Lipinski definition) is 5. The van der Waals surface area contributed by atoms with Gasteiger partial charge in [0.2, 0.25) is 5.89 Å². The van der Waals surface area contributed by atoms with Crippen molar-refractivity contribution in [3.05, 3.63) is 11.7 Å². The second-order valence-corrected chi connectivity index (χ2v) is 5.38. The molecule has 7 nitrogen and oxygen atoms in total. The van der Waals surface area contributed by atoms with Crippen LogP contribution in [0.15, 0.2) is 9.52 Å². The summed E-state index contributed by atoms with van der Waals surface area (Å²) in [4.78, 5) is 10.8. The number of guanidine groups is 1. The van der Waals surface area contributed by atoms with Crippen LogP contribution in [0.2, 0.25) is 0 Å². The summed E-state index contributed by atoms with van der Waals surface area (Å²) in [7, 11) is 1.76. The molecule has 0 saturated carbocycles. The van der Waals surface area contributed by atoms with Gasteiger partial charge in [-0.2, -0.15) is 4.98 Å². The highest BCUT2D eigenvalue weighted by Gasteiger charge is 2.08. The number of rotatable bonds is 9. The molecule has 0 aliphatic rings. The number of aryl methyl sites for hydroxylation is 1. The summed E-state index contributed by atoms with van der Waals surface area (Å²) in [5.41, 5.74) is 0. The Morgan fingerprint density at radius 3 is 2.64 bits per heavy atom. The highest BCUT2D eigenvalue weighted by Crippen LogP contribution is 2.00. The van der Waals surface area contributed by atoms with Crippen LogP contribution in [0.5, 0.6) is 0 Å². The summed E-state index contributed by atoms with van der Waals surface area (Å²) in [6.07, 6.45) is 2.28. The fourth-order valence-electron chi connectivity index (χ4n) is 2.23. The molecule has 1 unspecified atom stereocenters. The predicted octanol–water partition coefficient (Wildman–Crippen LogP) is 1.55. The van der Waals surface area contributed by atoms with E-state index in [2.05, 4.69) is 51.4 Å². The minimum atomic E-state index is 0.367. The van der Waals surface area contributed by atoms with Crippen LogP contribution in [-0.2, 0) is 6.54 Å². The van der Waals surface area contributed by atoms with Crippen LogP contribution < -0.4 is 10.6 Å². The molecule has 1 aromatic heterocycles. The Hall–Kier alpha value is -1.63. The van der Waals surface area contributed by atoms with Crippen LogP contribution in [-0.4, -0.2) is 53.7 Å². The molecule has 0 amide bonds. The fraction of sp³-hybridized carbons (Fsp3) is 0.800. The maximum atomic E-state index is 5.07. The van der Waals surface area contributed by atoms with E-state index in [4.69, 9.17) is 4.52 Å². The van der Waals surface area contributed by atoms with Gasteiger partial charge in [-0.3, -0.25) is 4.99 Å². The molecule has 7 heteroatoms. The molecule has 0 bridgehead atoms. The van der Waals surface area contributed by atoms with E-state index >= 15 is 0 Å². The van der Waals surface area contributed by atoms with Crippen LogP contribution in [0.4, 0.5) is 0 Å². The van der Waals surface area contributed by atoms with Gasteiger partial charge in [-0.15, -0.1) is 0 Å². The molecule has 1 atom stereocenters. The molecule has 22 heavy (non-hydrogen) atoms. The summed E-state index contributed by atoms with van der Waals surface area (Å²) in [5.74, 6) is 1.96. The molecule has 0 saturated heterocycles. The lowest BCUT2D eigenvalue weighted by molar-refractivity contribution is 0.292. The summed E-state index contributed by atoms with van der Waals surface area (Å²) >= 11 is 0. The Bertz CT molecular complexity index is 441. The average molecular weight is 310 g/mol. The SMILES string of the molecule is CCN(CC)CCCC(C)NC(=NC)NCc1nc(C)no1. The Kier molecular flexibility index (Phi) is 8.50. The standard InChI is InChI=1S/C15H30N6O/c1-6-21(7-2)10-8-9-12(3)18-15(16-5)17-11-14-19-13(4)20-22-14/h12H,6-11H2,1-5H3,(H2,16,17,18). The lowest BCUT2D eigenvalue weighted by atomic mass is 10.2. The van der Waals surface area contributed by atoms with E-state index in [1.165, 1.54) is 6.42 Å². The first-order chi connectivity index (χ1) is 10.6. The number of nitrogens with zero attached hydrogens (tertiary/aromatic N) is 4.